The van der Waals surface area contributed by atoms with Crippen molar-refractivity contribution in [3.05, 3.63) is 60.3 Å². The Balaban J connectivity index is 3.14. The summed E-state index contributed by atoms with van der Waals surface area (Å²) in [6.45, 7) is 10.7. The summed E-state index contributed by atoms with van der Waals surface area (Å²) in [5.41, 5.74) is 3.78. The van der Waals surface area contributed by atoms with Crippen molar-refractivity contribution < 1.29 is 4.39 Å². The fourth-order valence-corrected chi connectivity index (χ4v) is 1.66. The minimum Gasteiger partial charge on any atom is -0.261 e. The second kappa shape index (κ2) is 7.41. The lowest BCUT2D eigenvalue weighted by Gasteiger charge is -2.07. The Bertz CT molecular complexity index is 528. The monoisotopic (exact) mass is 258 g/mol. The molecule has 0 aliphatic rings. The van der Waals surface area contributed by atoms with E-state index in [0.29, 0.717) is 0 Å². The molecule has 3 heteroatoms. The van der Waals surface area contributed by atoms with E-state index in [1.807, 2.05) is 38.3 Å². The number of pyridine rings is 1. The van der Waals surface area contributed by atoms with E-state index in [2.05, 4.69) is 23.1 Å². The van der Waals surface area contributed by atoms with Gasteiger partial charge in [-0.3, -0.25) is 4.98 Å². The lowest BCUT2D eigenvalue weighted by atomic mass is 10.0. The van der Waals surface area contributed by atoms with E-state index in [-0.39, 0.29) is 0 Å². The molecule has 1 heterocycles. The van der Waals surface area contributed by atoms with Crippen molar-refractivity contribution in [1.29, 1.82) is 0 Å². The molecular weight excluding hydrogens is 239 g/mol. The van der Waals surface area contributed by atoms with Crippen LogP contribution in [0.2, 0.25) is 0 Å². The molecule has 2 nitrogen and oxygen atoms in total. The summed E-state index contributed by atoms with van der Waals surface area (Å²) in [6.07, 6.45) is 8.86. The van der Waals surface area contributed by atoms with Gasteiger partial charge in [0.25, 0.3) is 0 Å². The molecule has 19 heavy (non-hydrogen) atoms. The van der Waals surface area contributed by atoms with E-state index >= 15 is 0 Å². The minimum atomic E-state index is -0.701. The quantitative estimate of drug-likeness (QED) is 0.318. The Hall–Kier alpha value is -2.03. The molecule has 100 valence electrons. The second-order valence-corrected chi connectivity index (χ2v) is 4.31. The first-order valence-corrected chi connectivity index (χ1v) is 6.17. The Morgan fingerprint density at radius 3 is 2.79 bits per heavy atom. The summed E-state index contributed by atoms with van der Waals surface area (Å²) in [5, 5.41) is 0. The van der Waals surface area contributed by atoms with E-state index in [1.165, 1.54) is 6.21 Å². The van der Waals surface area contributed by atoms with Gasteiger partial charge in [-0.25, -0.2) is 4.99 Å². The normalized spacial score (nSPS) is 11.8. The van der Waals surface area contributed by atoms with E-state index in [9.17, 15) is 4.39 Å². The van der Waals surface area contributed by atoms with Gasteiger partial charge in [0.1, 0.15) is 0 Å². The van der Waals surface area contributed by atoms with Crippen molar-refractivity contribution in [1.82, 2.24) is 4.98 Å². The summed E-state index contributed by atoms with van der Waals surface area (Å²) < 4.78 is 12.7. The lowest BCUT2D eigenvalue weighted by Crippen LogP contribution is -1.95. The van der Waals surface area contributed by atoms with Gasteiger partial charge in [-0.05, 0) is 50.5 Å². The third-order valence-corrected chi connectivity index (χ3v) is 2.61. The van der Waals surface area contributed by atoms with Crippen molar-refractivity contribution in [2.24, 2.45) is 4.99 Å². The van der Waals surface area contributed by atoms with Crippen LogP contribution in [-0.4, -0.2) is 11.2 Å². The van der Waals surface area contributed by atoms with Crippen molar-refractivity contribution in [2.45, 2.75) is 26.7 Å². The number of halogens is 1. The van der Waals surface area contributed by atoms with Crippen LogP contribution in [0.4, 0.5) is 4.39 Å². The number of hydrogen-bond donors (Lipinski definition) is 0. The van der Waals surface area contributed by atoms with E-state index < -0.39 is 5.95 Å². The molecule has 0 N–H and O–H groups in total. The number of unbranched alkanes of at least 4 members (excludes halogenated alkanes) is 1. The van der Waals surface area contributed by atoms with Gasteiger partial charge in [-0.1, -0.05) is 12.2 Å². The number of aryl methyl sites for hydroxylation is 2. The zero-order chi connectivity index (χ0) is 14.3. The zero-order valence-corrected chi connectivity index (χ0v) is 11.5. The highest BCUT2D eigenvalue weighted by atomic mass is 19.1. The number of aromatic nitrogens is 1. The van der Waals surface area contributed by atoms with Gasteiger partial charge >= 0.3 is 0 Å². The number of aliphatic imine (C=N–C) groups is 1. The Labute approximate surface area is 114 Å². The van der Waals surface area contributed by atoms with Crippen molar-refractivity contribution >= 4 is 11.8 Å². The maximum absolute atomic E-state index is 12.7. The van der Waals surface area contributed by atoms with E-state index in [0.717, 1.165) is 35.2 Å². The van der Waals surface area contributed by atoms with Gasteiger partial charge < -0.3 is 0 Å². The van der Waals surface area contributed by atoms with Crippen LogP contribution in [-0.2, 0) is 0 Å². The first-order chi connectivity index (χ1) is 9.04. The number of nitrogens with zero attached hydrogens (tertiary/aromatic N) is 2. The van der Waals surface area contributed by atoms with Crippen molar-refractivity contribution in [3.63, 3.8) is 0 Å². The Morgan fingerprint density at radius 1 is 1.42 bits per heavy atom. The third-order valence-electron chi connectivity index (χ3n) is 2.61. The number of allylic oxidation sites excluding steroid dienone is 3. The minimum absolute atomic E-state index is 0.701. The lowest BCUT2D eigenvalue weighted by molar-refractivity contribution is 0.634. The molecule has 0 aliphatic carbocycles. The Morgan fingerprint density at radius 2 is 2.16 bits per heavy atom. The molecule has 1 aromatic heterocycles. The maximum atomic E-state index is 12.7. The third kappa shape index (κ3) is 5.00. The molecule has 0 fully saturated rings. The molecule has 0 aromatic carbocycles. The summed E-state index contributed by atoms with van der Waals surface area (Å²) in [6, 6.07) is 2.02. The molecular formula is C16H19FN2. The molecule has 0 atom stereocenters. The largest absolute Gasteiger partial charge is 0.261 e. The zero-order valence-electron chi connectivity index (χ0n) is 11.5. The fraction of sp³-hybridized carbons (Fsp3) is 0.250. The predicted octanol–water partition coefficient (Wildman–Crippen LogP) is 4.56. The highest BCUT2D eigenvalue weighted by Crippen LogP contribution is 2.19. The predicted molar refractivity (Wildman–Crippen MR) is 79.9 cm³/mol. The molecule has 0 spiro atoms. The van der Waals surface area contributed by atoms with E-state index in [1.54, 1.807) is 0 Å². The molecule has 0 saturated heterocycles. The molecule has 0 radical (unpaired) electrons. The first kappa shape index (κ1) is 15.0. The average Bonchev–Trinajstić information content (AvgIpc) is 2.36. The van der Waals surface area contributed by atoms with Crippen LogP contribution in [0.1, 0.15) is 29.7 Å². The van der Waals surface area contributed by atoms with Crippen LogP contribution < -0.4 is 0 Å². The van der Waals surface area contributed by atoms with Crippen molar-refractivity contribution in [2.75, 3.05) is 0 Å². The topological polar surface area (TPSA) is 25.2 Å². The molecule has 0 bridgehead atoms. The average molecular weight is 258 g/mol. The van der Waals surface area contributed by atoms with Crippen LogP contribution in [0.15, 0.2) is 48.5 Å². The van der Waals surface area contributed by atoms with E-state index in [4.69, 9.17) is 0 Å². The van der Waals surface area contributed by atoms with Gasteiger partial charge in [-0.2, -0.15) is 4.39 Å². The highest BCUT2D eigenvalue weighted by Gasteiger charge is 2.04. The van der Waals surface area contributed by atoms with Gasteiger partial charge in [-0.15, -0.1) is 6.58 Å². The van der Waals surface area contributed by atoms with Gasteiger partial charge in [0.2, 0.25) is 5.95 Å². The van der Waals surface area contributed by atoms with Crippen LogP contribution in [0.3, 0.4) is 0 Å². The van der Waals surface area contributed by atoms with Crippen LogP contribution >= 0.6 is 0 Å². The van der Waals surface area contributed by atoms with Gasteiger partial charge in [0, 0.05) is 23.7 Å². The van der Waals surface area contributed by atoms with Gasteiger partial charge in [0.05, 0.1) is 0 Å². The van der Waals surface area contributed by atoms with Crippen LogP contribution in [0.25, 0.3) is 5.57 Å². The second-order valence-electron chi connectivity index (χ2n) is 4.31. The summed E-state index contributed by atoms with van der Waals surface area (Å²) in [7, 11) is 0. The van der Waals surface area contributed by atoms with Gasteiger partial charge in [0.15, 0.2) is 0 Å². The summed E-state index contributed by atoms with van der Waals surface area (Å²) in [4.78, 5) is 7.96. The van der Waals surface area contributed by atoms with Crippen molar-refractivity contribution in [3.8, 4) is 0 Å². The summed E-state index contributed by atoms with van der Waals surface area (Å²) in [5.74, 6) is -0.701. The maximum Gasteiger partial charge on any atom is 0.205 e. The summed E-state index contributed by atoms with van der Waals surface area (Å²) >= 11 is 0. The van der Waals surface area contributed by atoms with Crippen LogP contribution in [0, 0.1) is 13.8 Å². The molecule has 0 amide bonds. The molecule has 0 saturated carbocycles. The Kier molecular flexibility index (Phi) is 5.86. The fourth-order valence-electron chi connectivity index (χ4n) is 1.66. The smallest absolute Gasteiger partial charge is 0.205 e. The highest BCUT2D eigenvalue weighted by molar-refractivity contribution is 6.10. The standard InChI is InChI=1S/C16H19FN2/c1-5-6-7-8-15(11-19-14(4)17)16-9-12(2)10-18-13(16)3/h5,8-11H,1,4,6-7H2,2-3H3/b15-8+,19-11?. The number of hydrogen-bond acceptors (Lipinski definition) is 2. The first-order valence-electron chi connectivity index (χ1n) is 6.17. The molecule has 0 aliphatic heterocycles. The SMILES string of the molecule is C=CCC/C=C(\C=NC(=C)F)c1cc(C)cnc1C. The molecule has 1 aromatic rings. The number of rotatable bonds is 6. The molecule has 0 unspecified atom stereocenters. The molecule has 1 rings (SSSR count). The van der Waals surface area contributed by atoms with Crippen LogP contribution in [0.5, 0.6) is 0 Å².